The maximum Gasteiger partial charge on any atom is 0.101 e. The van der Waals surface area contributed by atoms with E-state index in [2.05, 4.69) is 6.26 Å². The Kier molecular flexibility index (Phi) is 2.48. The van der Waals surface area contributed by atoms with E-state index >= 15 is 0 Å². The molecule has 4 rings (SSSR count). The van der Waals surface area contributed by atoms with Crippen LogP contribution in [0.1, 0.15) is 57.8 Å². The van der Waals surface area contributed by atoms with Crippen LogP contribution in [0.15, 0.2) is 11.8 Å². The maximum absolute atomic E-state index is 6.04. The van der Waals surface area contributed by atoms with E-state index in [1.807, 2.05) is 0 Å². The first-order valence-electron chi connectivity index (χ1n) is 7.76. The van der Waals surface area contributed by atoms with Crippen molar-refractivity contribution in [3.05, 3.63) is 11.8 Å². The summed E-state index contributed by atoms with van der Waals surface area (Å²) in [6.45, 7) is 0. The highest BCUT2D eigenvalue weighted by molar-refractivity contribution is 5.16. The molecule has 17 heavy (non-hydrogen) atoms. The highest BCUT2D eigenvalue weighted by atomic mass is 16.5. The number of allylic oxidation sites excluding steroid dienone is 1. The van der Waals surface area contributed by atoms with Crippen molar-refractivity contribution < 1.29 is 4.74 Å². The molecule has 0 N–H and O–H groups in total. The van der Waals surface area contributed by atoms with Crippen molar-refractivity contribution in [2.24, 2.45) is 23.7 Å². The largest absolute Gasteiger partial charge is 0.498 e. The molecule has 0 spiro atoms. The van der Waals surface area contributed by atoms with Gasteiger partial charge in [-0.1, -0.05) is 19.3 Å². The standard InChI is InChI=1S/C16H24O/c1-2-7-16-14(6-1)15-9-12-5-3-4-11(12)8-13(15)10-17-16/h10-12,14-16H,1-9H2. The van der Waals surface area contributed by atoms with E-state index in [9.17, 15) is 0 Å². The molecule has 1 heterocycles. The van der Waals surface area contributed by atoms with E-state index in [1.165, 1.54) is 57.8 Å². The lowest BCUT2D eigenvalue weighted by Gasteiger charge is -2.46. The quantitative estimate of drug-likeness (QED) is 0.605. The molecule has 5 atom stereocenters. The number of hydrogen-bond donors (Lipinski definition) is 0. The fourth-order valence-electron chi connectivity index (χ4n) is 5.14. The summed E-state index contributed by atoms with van der Waals surface area (Å²) in [7, 11) is 0. The van der Waals surface area contributed by atoms with Gasteiger partial charge in [0.05, 0.1) is 6.26 Å². The zero-order chi connectivity index (χ0) is 11.2. The Morgan fingerprint density at radius 2 is 1.82 bits per heavy atom. The van der Waals surface area contributed by atoms with Gasteiger partial charge in [0.2, 0.25) is 0 Å². The molecule has 3 fully saturated rings. The van der Waals surface area contributed by atoms with Crippen LogP contribution in [0.3, 0.4) is 0 Å². The van der Waals surface area contributed by atoms with Gasteiger partial charge < -0.3 is 4.74 Å². The van der Waals surface area contributed by atoms with Crippen molar-refractivity contribution in [2.45, 2.75) is 63.9 Å². The monoisotopic (exact) mass is 232 g/mol. The number of hydrogen-bond acceptors (Lipinski definition) is 1. The molecule has 0 aromatic carbocycles. The SMILES string of the molecule is C1=C2CC3CCCC3CC2C2CCCCC2O1. The van der Waals surface area contributed by atoms with Gasteiger partial charge in [-0.15, -0.1) is 0 Å². The first kappa shape index (κ1) is 10.5. The third-order valence-electron chi connectivity index (χ3n) is 6.01. The van der Waals surface area contributed by atoms with Crippen LogP contribution in [0.25, 0.3) is 0 Å². The summed E-state index contributed by atoms with van der Waals surface area (Å²) in [6, 6.07) is 0. The van der Waals surface area contributed by atoms with Crippen LogP contribution < -0.4 is 0 Å². The van der Waals surface area contributed by atoms with Gasteiger partial charge in [-0.05, 0) is 61.9 Å². The van der Waals surface area contributed by atoms with Gasteiger partial charge in [0.25, 0.3) is 0 Å². The van der Waals surface area contributed by atoms with Gasteiger partial charge >= 0.3 is 0 Å². The van der Waals surface area contributed by atoms with Crippen molar-refractivity contribution in [1.29, 1.82) is 0 Å². The molecule has 0 aromatic rings. The third-order valence-corrected chi connectivity index (χ3v) is 6.01. The van der Waals surface area contributed by atoms with Gasteiger partial charge in [-0.25, -0.2) is 0 Å². The summed E-state index contributed by atoms with van der Waals surface area (Å²) < 4.78 is 6.04. The predicted octanol–water partition coefficient (Wildman–Crippen LogP) is 4.29. The van der Waals surface area contributed by atoms with E-state index in [-0.39, 0.29) is 0 Å². The number of rotatable bonds is 0. The minimum Gasteiger partial charge on any atom is -0.498 e. The molecule has 0 radical (unpaired) electrons. The lowest BCUT2D eigenvalue weighted by atomic mass is 9.64. The second-order valence-corrected chi connectivity index (χ2v) is 6.81. The zero-order valence-corrected chi connectivity index (χ0v) is 10.7. The maximum atomic E-state index is 6.04. The predicted molar refractivity (Wildman–Crippen MR) is 68.5 cm³/mol. The minimum absolute atomic E-state index is 0.579. The van der Waals surface area contributed by atoms with E-state index in [0.717, 1.165) is 23.7 Å². The second-order valence-electron chi connectivity index (χ2n) is 6.81. The molecule has 4 aliphatic rings. The number of fused-ring (bicyclic) bond motifs is 4. The summed E-state index contributed by atoms with van der Waals surface area (Å²) in [6.07, 6.45) is 15.7. The van der Waals surface area contributed by atoms with E-state index in [0.29, 0.717) is 6.10 Å². The van der Waals surface area contributed by atoms with Crippen LogP contribution in [0, 0.1) is 23.7 Å². The lowest BCUT2D eigenvalue weighted by Crippen LogP contribution is -2.40. The summed E-state index contributed by atoms with van der Waals surface area (Å²) in [4.78, 5) is 0. The second kappa shape index (κ2) is 4.03. The Balaban J connectivity index is 1.59. The molecule has 94 valence electrons. The van der Waals surface area contributed by atoms with Crippen LogP contribution in [0.4, 0.5) is 0 Å². The Hall–Kier alpha value is -0.460. The van der Waals surface area contributed by atoms with Crippen molar-refractivity contribution in [2.75, 3.05) is 0 Å². The van der Waals surface area contributed by atoms with Crippen LogP contribution in [0.5, 0.6) is 0 Å². The fourth-order valence-corrected chi connectivity index (χ4v) is 5.14. The molecule has 1 heteroatoms. The third kappa shape index (κ3) is 1.65. The minimum atomic E-state index is 0.579. The van der Waals surface area contributed by atoms with Crippen LogP contribution in [-0.4, -0.2) is 6.10 Å². The molecule has 0 saturated heterocycles. The molecule has 5 unspecified atom stereocenters. The molecular weight excluding hydrogens is 208 g/mol. The summed E-state index contributed by atoms with van der Waals surface area (Å²) in [5.74, 6) is 3.87. The topological polar surface area (TPSA) is 9.23 Å². The highest BCUT2D eigenvalue weighted by Crippen LogP contribution is 2.52. The van der Waals surface area contributed by atoms with Crippen molar-refractivity contribution in [3.63, 3.8) is 0 Å². The molecule has 1 nitrogen and oxygen atoms in total. The summed E-state index contributed by atoms with van der Waals surface area (Å²) >= 11 is 0. The van der Waals surface area contributed by atoms with Gasteiger partial charge in [-0.3, -0.25) is 0 Å². The average molecular weight is 232 g/mol. The molecular formula is C16H24O. The Bertz CT molecular complexity index is 332. The average Bonchev–Trinajstić information content (AvgIpc) is 2.83. The molecule has 0 aromatic heterocycles. The molecule has 3 aliphatic carbocycles. The van der Waals surface area contributed by atoms with Crippen LogP contribution in [-0.2, 0) is 4.74 Å². The normalized spacial score (nSPS) is 48.5. The summed E-state index contributed by atoms with van der Waals surface area (Å²) in [5.41, 5.74) is 1.69. The van der Waals surface area contributed by atoms with Crippen LogP contribution >= 0.6 is 0 Å². The Labute approximate surface area is 105 Å². The van der Waals surface area contributed by atoms with E-state index in [1.54, 1.807) is 5.57 Å². The fraction of sp³-hybridized carbons (Fsp3) is 0.875. The van der Waals surface area contributed by atoms with E-state index < -0.39 is 0 Å². The molecule has 1 aliphatic heterocycles. The van der Waals surface area contributed by atoms with Gasteiger partial charge in [0.1, 0.15) is 6.10 Å². The van der Waals surface area contributed by atoms with Gasteiger partial charge in [0, 0.05) is 5.92 Å². The number of ether oxygens (including phenoxy) is 1. The first-order chi connectivity index (χ1) is 8.42. The molecule has 0 amide bonds. The van der Waals surface area contributed by atoms with Crippen molar-refractivity contribution in [1.82, 2.24) is 0 Å². The zero-order valence-electron chi connectivity index (χ0n) is 10.7. The Morgan fingerprint density at radius 3 is 2.82 bits per heavy atom. The first-order valence-corrected chi connectivity index (χ1v) is 7.76. The van der Waals surface area contributed by atoms with E-state index in [4.69, 9.17) is 4.74 Å². The van der Waals surface area contributed by atoms with Crippen molar-refractivity contribution >= 4 is 0 Å². The molecule has 3 saturated carbocycles. The molecule has 0 bridgehead atoms. The van der Waals surface area contributed by atoms with Gasteiger partial charge in [-0.2, -0.15) is 0 Å². The van der Waals surface area contributed by atoms with Crippen LogP contribution in [0.2, 0.25) is 0 Å². The Morgan fingerprint density at radius 1 is 0.941 bits per heavy atom. The van der Waals surface area contributed by atoms with Crippen molar-refractivity contribution in [3.8, 4) is 0 Å². The highest BCUT2D eigenvalue weighted by Gasteiger charge is 2.44. The summed E-state index contributed by atoms with van der Waals surface area (Å²) in [5, 5.41) is 0. The van der Waals surface area contributed by atoms with Gasteiger partial charge in [0.15, 0.2) is 0 Å². The smallest absolute Gasteiger partial charge is 0.101 e. The lowest BCUT2D eigenvalue weighted by molar-refractivity contribution is -0.00732.